The van der Waals surface area contributed by atoms with Crippen molar-refractivity contribution in [3.63, 3.8) is 0 Å². The van der Waals surface area contributed by atoms with Gasteiger partial charge in [-0.05, 0) is 63.6 Å². The third-order valence-electron chi connectivity index (χ3n) is 3.81. The largest absolute Gasteiger partial charge is 0.314 e. The van der Waals surface area contributed by atoms with E-state index in [-0.39, 0.29) is 5.82 Å². The van der Waals surface area contributed by atoms with E-state index in [4.69, 9.17) is 0 Å². The van der Waals surface area contributed by atoms with E-state index in [0.717, 1.165) is 24.9 Å². The third-order valence-corrected chi connectivity index (χ3v) is 3.81. The SMILES string of the molecule is CC(Cc1ccccc1F)NCCC1=CCCCC1. The van der Waals surface area contributed by atoms with E-state index in [1.807, 2.05) is 12.1 Å². The Labute approximate surface area is 115 Å². The molecule has 1 aliphatic rings. The first-order chi connectivity index (χ1) is 9.25. The van der Waals surface area contributed by atoms with Crippen molar-refractivity contribution >= 4 is 0 Å². The fraction of sp³-hybridized carbons (Fsp3) is 0.529. The fourth-order valence-electron chi connectivity index (χ4n) is 2.68. The topological polar surface area (TPSA) is 12.0 Å². The number of nitrogens with one attached hydrogen (secondary N) is 1. The van der Waals surface area contributed by atoms with Crippen LogP contribution < -0.4 is 5.32 Å². The molecule has 19 heavy (non-hydrogen) atoms. The van der Waals surface area contributed by atoms with Crippen molar-refractivity contribution in [1.29, 1.82) is 0 Å². The molecule has 0 bridgehead atoms. The highest BCUT2D eigenvalue weighted by molar-refractivity contribution is 5.18. The molecule has 0 saturated heterocycles. The number of halogens is 1. The van der Waals surface area contributed by atoms with Crippen LogP contribution in [0.1, 0.15) is 44.6 Å². The van der Waals surface area contributed by atoms with Crippen LogP contribution in [0.25, 0.3) is 0 Å². The summed E-state index contributed by atoms with van der Waals surface area (Å²) in [4.78, 5) is 0. The normalized spacial score (nSPS) is 17.1. The molecule has 0 aliphatic heterocycles. The van der Waals surface area contributed by atoms with Gasteiger partial charge in [-0.15, -0.1) is 0 Å². The Bertz CT molecular complexity index is 425. The number of hydrogen-bond donors (Lipinski definition) is 1. The summed E-state index contributed by atoms with van der Waals surface area (Å²) in [7, 11) is 0. The Morgan fingerprint density at radius 1 is 1.26 bits per heavy atom. The molecule has 0 fully saturated rings. The Balaban J connectivity index is 1.71. The first kappa shape index (κ1) is 14.3. The molecule has 0 radical (unpaired) electrons. The molecule has 2 heteroatoms. The Morgan fingerprint density at radius 3 is 2.84 bits per heavy atom. The van der Waals surface area contributed by atoms with Gasteiger partial charge in [-0.1, -0.05) is 29.8 Å². The molecule has 1 unspecified atom stereocenters. The number of allylic oxidation sites excluding steroid dienone is 1. The first-order valence-electron chi connectivity index (χ1n) is 7.40. The molecule has 0 amide bonds. The zero-order chi connectivity index (χ0) is 13.5. The van der Waals surface area contributed by atoms with Crippen LogP contribution in [-0.2, 0) is 6.42 Å². The summed E-state index contributed by atoms with van der Waals surface area (Å²) in [6.45, 7) is 3.13. The van der Waals surface area contributed by atoms with Gasteiger partial charge in [0.15, 0.2) is 0 Å². The maximum absolute atomic E-state index is 13.5. The van der Waals surface area contributed by atoms with Gasteiger partial charge in [0, 0.05) is 6.04 Å². The highest BCUT2D eigenvalue weighted by Crippen LogP contribution is 2.19. The maximum Gasteiger partial charge on any atom is 0.126 e. The second-order valence-corrected chi connectivity index (χ2v) is 5.51. The Hall–Kier alpha value is -1.15. The van der Waals surface area contributed by atoms with E-state index >= 15 is 0 Å². The lowest BCUT2D eigenvalue weighted by Gasteiger charge is -2.17. The summed E-state index contributed by atoms with van der Waals surface area (Å²) in [5, 5.41) is 3.50. The van der Waals surface area contributed by atoms with Gasteiger partial charge in [-0.25, -0.2) is 4.39 Å². The van der Waals surface area contributed by atoms with E-state index in [0.29, 0.717) is 6.04 Å². The molecular weight excluding hydrogens is 237 g/mol. The minimum absolute atomic E-state index is 0.0915. The molecule has 1 atom stereocenters. The summed E-state index contributed by atoms with van der Waals surface area (Å²) in [5.74, 6) is -0.0915. The van der Waals surface area contributed by atoms with Gasteiger partial charge in [0.1, 0.15) is 5.82 Å². The van der Waals surface area contributed by atoms with Gasteiger partial charge in [0.25, 0.3) is 0 Å². The van der Waals surface area contributed by atoms with Gasteiger partial charge in [0.2, 0.25) is 0 Å². The molecule has 0 spiro atoms. The summed E-state index contributed by atoms with van der Waals surface area (Å²) in [6.07, 6.45) is 9.50. The van der Waals surface area contributed by atoms with Gasteiger partial charge in [0.05, 0.1) is 0 Å². The predicted octanol–water partition coefficient (Wildman–Crippen LogP) is 4.24. The molecule has 1 N–H and O–H groups in total. The van der Waals surface area contributed by atoms with Crippen molar-refractivity contribution in [1.82, 2.24) is 5.32 Å². The van der Waals surface area contributed by atoms with Crippen molar-refractivity contribution in [2.24, 2.45) is 0 Å². The van der Waals surface area contributed by atoms with E-state index in [1.165, 1.54) is 31.7 Å². The van der Waals surface area contributed by atoms with Crippen LogP contribution in [0.15, 0.2) is 35.9 Å². The van der Waals surface area contributed by atoms with Gasteiger partial charge in [-0.3, -0.25) is 0 Å². The average molecular weight is 261 g/mol. The Kier molecular flexibility index (Phi) is 5.59. The molecule has 1 aliphatic carbocycles. The van der Waals surface area contributed by atoms with E-state index < -0.39 is 0 Å². The van der Waals surface area contributed by atoms with Crippen LogP contribution in [0, 0.1) is 5.82 Å². The van der Waals surface area contributed by atoms with Gasteiger partial charge >= 0.3 is 0 Å². The standard InChI is InChI=1S/C17H24FN/c1-14(13-16-9-5-6-10-17(16)18)19-12-11-15-7-3-2-4-8-15/h5-7,9-10,14,19H,2-4,8,11-13H2,1H3. The lowest BCUT2D eigenvalue weighted by molar-refractivity contribution is 0.522. The van der Waals surface area contributed by atoms with Crippen LogP contribution in [0.5, 0.6) is 0 Å². The van der Waals surface area contributed by atoms with E-state index in [1.54, 1.807) is 11.6 Å². The minimum Gasteiger partial charge on any atom is -0.314 e. The first-order valence-corrected chi connectivity index (χ1v) is 7.40. The van der Waals surface area contributed by atoms with Crippen molar-refractivity contribution < 1.29 is 4.39 Å². The maximum atomic E-state index is 13.5. The van der Waals surface area contributed by atoms with Crippen LogP contribution in [-0.4, -0.2) is 12.6 Å². The summed E-state index contributed by atoms with van der Waals surface area (Å²) < 4.78 is 13.5. The summed E-state index contributed by atoms with van der Waals surface area (Å²) in [5.41, 5.74) is 2.40. The molecule has 2 rings (SSSR count). The molecule has 0 aromatic heterocycles. The summed E-state index contributed by atoms with van der Waals surface area (Å²) in [6, 6.07) is 7.37. The van der Waals surface area contributed by atoms with Crippen molar-refractivity contribution in [3.8, 4) is 0 Å². The second kappa shape index (κ2) is 7.44. The molecule has 0 heterocycles. The van der Waals surface area contributed by atoms with E-state index in [2.05, 4.69) is 18.3 Å². The molecule has 1 aromatic carbocycles. The van der Waals surface area contributed by atoms with Crippen molar-refractivity contribution in [2.45, 2.75) is 51.5 Å². The van der Waals surface area contributed by atoms with E-state index in [9.17, 15) is 4.39 Å². The zero-order valence-corrected chi connectivity index (χ0v) is 11.8. The van der Waals surface area contributed by atoms with Crippen molar-refractivity contribution in [3.05, 3.63) is 47.3 Å². The molecule has 1 nitrogen and oxygen atoms in total. The molecule has 0 saturated carbocycles. The Morgan fingerprint density at radius 2 is 2.11 bits per heavy atom. The lowest BCUT2D eigenvalue weighted by atomic mass is 9.97. The van der Waals surface area contributed by atoms with Crippen LogP contribution in [0.2, 0.25) is 0 Å². The smallest absolute Gasteiger partial charge is 0.126 e. The molecular formula is C17H24FN. The second-order valence-electron chi connectivity index (χ2n) is 5.51. The zero-order valence-electron chi connectivity index (χ0n) is 11.8. The van der Waals surface area contributed by atoms with Crippen LogP contribution in [0.4, 0.5) is 4.39 Å². The molecule has 104 valence electrons. The highest BCUT2D eigenvalue weighted by Gasteiger charge is 2.08. The number of rotatable bonds is 6. The van der Waals surface area contributed by atoms with Gasteiger partial charge in [-0.2, -0.15) is 0 Å². The average Bonchev–Trinajstić information content (AvgIpc) is 2.43. The minimum atomic E-state index is -0.0915. The fourth-order valence-corrected chi connectivity index (χ4v) is 2.68. The van der Waals surface area contributed by atoms with Gasteiger partial charge < -0.3 is 5.32 Å². The number of benzene rings is 1. The quantitative estimate of drug-likeness (QED) is 0.755. The monoisotopic (exact) mass is 261 g/mol. The lowest BCUT2D eigenvalue weighted by Crippen LogP contribution is -2.29. The van der Waals surface area contributed by atoms with Crippen LogP contribution in [0.3, 0.4) is 0 Å². The number of hydrogen-bond acceptors (Lipinski definition) is 1. The predicted molar refractivity (Wildman–Crippen MR) is 78.7 cm³/mol. The third kappa shape index (κ3) is 4.79. The highest BCUT2D eigenvalue weighted by atomic mass is 19.1. The van der Waals surface area contributed by atoms with Crippen molar-refractivity contribution in [2.75, 3.05) is 6.54 Å². The molecule has 1 aromatic rings. The summed E-state index contributed by atoms with van der Waals surface area (Å²) >= 11 is 0. The van der Waals surface area contributed by atoms with Crippen LogP contribution >= 0.6 is 0 Å².